The highest BCUT2D eigenvalue weighted by Crippen LogP contribution is 2.32. The number of hydrogen-bond acceptors (Lipinski definition) is 8. The van der Waals surface area contributed by atoms with Crippen LogP contribution >= 0.6 is 11.3 Å². The number of β-amino-alcohol motifs (C(OH)–C–C–N with tert-alkyl or cyclic N) is 1. The minimum Gasteiger partial charge on any atom is -0.386 e. The highest BCUT2D eigenvalue weighted by atomic mass is 32.1. The van der Waals surface area contributed by atoms with Crippen LogP contribution in [-0.2, 0) is 0 Å². The first-order valence-corrected chi connectivity index (χ1v) is 13.4. The zero-order chi connectivity index (χ0) is 25.3. The molecule has 0 aliphatic carbocycles. The summed E-state index contributed by atoms with van der Waals surface area (Å²) in [5, 5.41) is 16.8. The molecule has 5 rings (SSSR count). The molecule has 4 aromatic rings. The van der Waals surface area contributed by atoms with E-state index in [-0.39, 0.29) is 5.78 Å². The van der Waals surface area contributed by atoms with E-state index in [0.29, 0.717) is 42.2 Å². The number of pyridine rings is 1. The summed E-state index contributed by atoms with van der Waals surface area (Å²) in [5.74, 6) is 0.794. The lowest BCUT2D eigenvalue weighted by atomic mass is 9.96. The molecule has 0 bridgehead atoms. The van der Waals surface area contributed by atoms with Crippen molar-refractivity contribution in [3.63, 3.8) is 0 Å². The van der Waals surface area contributed by atoms with Gasteiger partial charge in [0.05, 0.1) is 33.6 Å². The van der Waals surface area contributed by atoms with E-state index in [9.17, 15) is 9.90 Å². The minimum absolute atomic E-state index is 0.100. The Morgan fingerprint density at radius 3 is 2.67 bits per heavy atom. The van der Waals surface area contributed by atoms with Gasteiger partial charge in [-0.1, -0.05) is 19.9 Å². The number of aromatic nitrogens is 4. The Labute approximate surface area is 215 Å². The standard InChI is InChI=1S/C27H32N6O2S/c1-4-31(5-2)11-6-8-23(34)19-14-22(29-25(15-19)32-17-27(3,35)18-32)20-16-28-33-12-10-21(30-26(20)33)24-9-7-13-36-24/h7,9-10,12-16,35H,4-6,8,11,17-18H2,1-3H3. The molecule has 188 valence electrons. The molecule has 9 heteroatoms. The zero-order valence-corrected chi connectivity index (χ0v) is 21.8. The Morgan fingerprint density at radius 2 is 1.97 bits per heavy atom. The number of hydrogen-bond donors (Lipinski definition) is 1. The highest BCUT2D eigenvalue weighted by molar-refractivity contribution is 7.13. The summed E-state index contributed by atoms with van der Waals surface area (Å²) in [5.41, 5.74) is 2.90. The minimum atomic E-state index is -0.743. The first-order chi connectivity index (χ1) is 17.4. The zero-order valence-electron chi connectivity index (χ0n) is 21.0. The van der Waals surface area contributed by atoms with E-state index < -0.39 is 5.60 Å². The van der Waals surface area contributed by atoms with Crippen molar-refractivity contribution in [3.8, 4) is 21.8 Å². The third kappa shape index (κ3) is 5.04. The molecule has 1 N–H and O–H groups in total. The Balaban J connectivity index is 1.49. The lowest BCUT2D eigenvalue weighted by Gasteiger charge is -2.45. The van der Waals surface area contributed by atoms with Gasteiger partial charge in [0, 0.05) is 31.3 Å². The normalized spacial score (nSPS) is 15.0. The summed E-state index contributed by atoms with van der Waals surface area (Å²) in [6, 6.07) is 9.72. The monoisotopic (exact) mass is 504 g/mol. The lowest BCUT2D eigenvalue weighted by molar-refractivity contribution is 0.0305. The van der Waals surface area contributed by atoms with Crippen LogP contribution in [-0.4, -0.2) is 73.7 Å². The van der Waals surface area contributed by atoms with E-state index in [4.69, 9.17) is 9.97 Å². The molecule has 1 aliphatic rings. The molecule has 4 aromatic heterocycles. The molecule has 0 aromatic carbocycles. The van der Waals surface area contributed by atoms with Gasteiger partial charge in [-0.05, 0) is 62.6 Å². The molecule has 0 atom stereocenters. The van der Waals surface area contributed by atoms with Gasteiger partial charge in [0.15, 0.2) is 11.4 Å². The Kier molecular flexibility index (Phi) is 6.87. The molecule has 8 nitrogen and oxygen atoms in total. The molecule has 0 unspecified atom stereocenters. The van der Waals surface area contributed by atoms with E-state index in [2.05, 4.69) is 23.8 Å². The number of fused-ring (bicyclic) bond motifs is 1. The van der Waals surface area contributed by atoms with Crippen molar-refractivity contribution in [2.75, 3.05) is 37.6 Å². The van der Waals surface area contributed by atoms with Crippen LogP contribution in [0, 0.1) is 0 Å². The van der Waals surface area contributed by atoms with Gasteiger partial charge in [-0.15, -0.1) is 11.3 Å². The number of Topliss-reactive ketones (excluding diaryl/α,β-unsaturated/α-hetero) is 1. The predicted octanol–water partition coefficient (Wildman–Crippen LogP) is 4.40. The number of carbonyl (C=O) groups excluding carboxylic acids is 1. The second kappa shape index (κ2) is 10.1. The summed E-state index contributed by atoms with van der Waals surface area (Å²) >= 11 is 1.64. The fraction of sp³-hybridized carbons (Fsp3) is 0.407. The number of thiophene rings is 1. The van der Waals surface area contributed by atoms with Crippen LogP contribution in [0.3, 0.4) is 0 Å². The molecule has 1 saturated heterocycles. The summed E-state index contributed by atoms with van der Waals surface area (Å²) in [6.07, 6.45) is 4.95. The number of anilines is 1. The van der Waals surface area contributed by atoms with Gasteiger partial charge < -0.3 is 14.9 Å². The van der Waals surface area contributed by atoms with Crippen molar-refractivity contribution in [1.82, 2.24) is 24.5 Å². The van der Waals surface area contributed by atoms with Crippen molar-refractivity contribution in [1.29, 1.82) is 0 Å². The van der Waals surface area contributed by atoms with Crippen LogP contribution in [0.1, 0.15) is 44.0 Å². The van der Waals surface area contributed by atoms with Gasteiger partial charge in [-0.2, -0.15) is 5.10 Å². The summed E-state index contributed by atoms with van der Waals surface area (Å²) in [7, 11) is 0. The van der Waals surface area contributed by atoms with Crippen LogP contribution in [0.15, 0.2) is 48.1 Å². The molecule has 36 heavy (non-hydrogen) atoms. The Bertz CT molecular complexity index is 1350. The number of rotatable bonds is 10. The second-order valence-corrected chi connectivity index (χ2v) is 10.6. The van der Waals surface area contributed by atoms with Gasteiger partial charge in [-0.25, -0.2) is 14.5 Å². The van der Waals surface area contributed by atoms with E-state index in [1.54, 1.807) is 22.0 Å². The third-order valence-corrected chi connectivity index (χ3v) is 7.60. The average molecular weight is 505 g/mol. The molecule has 5 heterocycles. The highest BCUT2D eigenvalue weighted by Gasteiger charge is 2.37. The average Bonchev–Trinajstić information content (AvgIpc) is 3.54. The van der Waals surface area contributed by atoms with Crippen molar-refractivity contribution >= 4 is 28.6 Å². The van der Waals surface area contributed by atoms with Crippen LogP contribution in [0.2, 0.25) is 0 Å². The molecular formula is C27H32N6O2S. The molecule has 0 spiro atoms. The Morgan fingerprint density at radius 1 is 1.17 bits per heavy atom. The van der Waals surface area contributed by atoms with E-state index in [0.717, 1.165) is 42.2 Å². The number of ketones is 1. The van der Waals surface area contributed by atoms with Crippen LogP contribution in [0.4, 0.5) is 5.82 Å². The van der Waals surface area contributed by atoms with E-state index in [1.807, 2.05) is 53.7 Å². The van der Waals surface area contributed by atoms with Crippen molar-refractivity contribution in [2.45, 2.75) is 39.2 Å². The maximum atomic E-state index is 13.3. The SMILES string of the molecule is CCN(CC)CCCC(=O)c1cc(-c2cnn3ccc(-c4cccs4)nc23)nc(N2CC(C)(O)C2)c1. The predicted molar refractivity (Wildman–Crippen MR) is 144 cm³/mol. The molecule has 1 aliphatic heterocycles. The van der Waals surface area contributed by atoms with Gasteiger partial charge in [0.1, 0.15) is 5.82 Å². The summed E-state index contributed by atoms with van der Waals surface area (Å²) in [4.78, 5) is 28.4. The van der Waals surface area contributed by atoms with Crippen molar-refractivity contribution in [2.24, 2.45) is 0 Å². The van der Waals surface area contributed by atoms with Crippen molar-refractivity contribution < 1.29 is 9.90 Å². The fourth-order valence-corrected chi connectivity index (χ4v) is 5.37. The quantitative estimate of drug-likeness (QED) is 0.320. The summed E-state index contributed by atoms with van der Waals surface area (Å²) < 4.78 is 1.74. The first kappa shape index (κ1) is 24.5. The maximum Gasteiger partial charge on any atom is 0.165 e. The maximum absolute atomic E-state index is 13.3. The first-order valence-electron chi connectivity index (χ1n) is 12.5. The lowest BCUT2D eigenvalue weighted by Crippen LogP contribution is -2.60. The number of carbonyl (C=O) groups is 1. The number of nitrogens with zero attached hydrogens (tertiary/aromatic N) is 6. The third-order valence-electron chi connectivity index (χ3n) is 6.71. The van der Waals surface area contributed by atoms with Gasteiger partial charge in [-0.3, -0.25) is 4.79 Å². The van der Waals surface area contributed by atoms with Crippen LogP contribution in [0.5, 0.6) is 0 Å². The topological polar surface area (TPSA) is 86.9 Å². The molecular weight excluding hydrogens is 472 g/mol. The van der Waals surface area contributed by atoms with Crippen LogP contribution in [0.25, 0.3) is 27.5 Å². The molecule has 0 saturated carbocycles. The van der Waals surface area contributed by atoms with E-state index in [1.165, 1.54) is 0 Å². The molecule has 0 amide bonds. The summed E-state index contributed by atoms with van der Waals surface area (Å²) in [6.45, 7) is 9.93. The fourth-order valence-electron chi connectivity index (χ4n) is 4.67. The molecule has 1 fully saturated rings. The van der Waals surface area contributed by atoms with Gasteiger partial charge in [0.2, 0.25) is 0 Å². The Hall–Kier alpha value is -3.14. The van der Waals surface area contributed by atoms with Crippen molar-refractivity contribution in [3.05, 3.63) is 53.7 Å². The van der Waals surface area contributed by atoms with Gasteiger partial charge in [0.25, 0.3) is 0 Å². The van der Waals surface area contributed by atoms with Gasteiger partial charge >= 0.3 is 0 Å². The molecule has 0 radical (unpaired) electrons. The van der Waals surface area contributed by atoms with Crippen LogP contribution < -0.4 is 4.90 Å². The smallest absolute Gasteiger partial charge is 0.165 e. The largest absolute Gasteiger partial charge is 0.386 e. The number of aliphatic hydroxyl groups is 1. The second-order valence-electron chi connectivity index (χ2n) is 9.62. The van der Waals surface area contributed by atoms with E-state index >= 15 is 0 Å².